The molecule has 0 radical (unpaired) electrons. The van der Waals surface area contributed by atoms with Gasteiger partial charge in [0.1, 0.15) is 0 Å². The van der Waals surface area contributed by atoms with Gasteiger partial charge in [-0.15, -0.1) is 22.1 Å². The van der Waals surface area contributed by atoms with Crippen LogP contribution in [0, 0.1) is 6.65 Å². The number of pyridine rings is 1. The first-order valence-electron chi connectivity index (χ1n) is 20.5. The van der Waals surface area contributed by atoms with Crippen molar-refractivity contribution >= 4 is 70.2 Å². The van der Waals surface area contributed by atoms with Crippen LogP contribution >= 0.6 is 0 Å². The first kappa shape index (κ1) is 47.8. The van der Waals surface area contributed by atoms with Crippen molar-refractivity contribution < 1.29 is 63.7 Å². The van der Waals surface area contributed by atoms with Gasteiger partial charge in [0.25, 0.3) is 0 Å². The average molecular weight is 997 g/mol. The van der Waals surface area contributed by atoms with Gasteiger partial charge in [0.2, 0.25) is 0 Å². The summed E-state index contributed by atoms with van der Waals surface area (Å²) in [5.41, 5.74) is 9.53. The van der Waals surface area contributed by atoms with Gasteiger partial charge in [-0.3, -0.25) is 4.98 Å². The van der Waals surface area contributed by atoms with Crippen LogP contribution in [-0.2, 0) is 24.1 Å². The van der Waals surface area contributed by atoms with Crippen molar-refractivity contribution in [2.75, 3.05) is 0 Å². The van der Waals surface area contributed by atoms with E-state index < -0.39 is 23.9 Å². The molecule has 15 heteroatoms. The molecule has 336 valence electrons. The number of carbonyl (C=O) groups is 4. The van der Waals surface area contributed by atoms with Crippen LogP contribution in [0.3, 0.4) is 0 Å². The summed E-state index contributed by atoms with van der Waals surface area (Å²) in [6.45, 7) is 4.50. The van der Waals surface area contributed by atoms with E-state index in [4.69, 9.17) is 24.6 Å². The van der Waals surface area contributed by atoms with Crippen molar-refractivity contribution in [2.45, 2.75) is 0 Å². The molecule has 0 saturated heterocycles. The maximum absolute atomic E-state index is 11.8. The molecular formula is C54H33N5O9Ru. The molecule has 2 aliphatic rings. The molecule has 0 atom stereocenters. The summed E-state index contributed by atoms with van der Waals surface area (Å²) < 4.78 is 7.50. The molecule has 4 aromatic carbocycles. The molecule has 14 nitrogen and oxygen atoms in total. The van der Waals surface area contributed by atoms with Crippen molar-refractivity contribution in [3.8, 4) is 44.5 Å². The predicted molar refractivity (Wildman–Crippen MR) is 255 cm³/mol. The minimum absolute atomic E-state index is 0. The number of fused-ring (bicyclic) bond motifs is 8. The molecule has 6 heterocycles. The number of carboxylic acids is 4. The Morgan fingerprint density at radius 3 is 0.783 bits per heavy atom. The van der Waals surface area contributed by atoms with E-state index in [1.807, 2.05) is 66.8 Å². The van der Waals surface area contributed by atoms with Gasteiger partial charge in [-0.1, -0.05) is 78.9 Å². The maximum atomic E-state index is 11.8. The fraction of sp³-hybridized carbons (Fsp3) is 0. The Morgan fingerprint density at radius 1 is 0.377 bits per heavy atom. The third-order valence-electron chi connectivity index (χ3n) is 10.9. The molecule has 2 aliphatic heterocycles. The second-order valence-electron chi connectivity index (χ2n) is 14.9. The number of aromatic nitrogens is 5. The van der Waals surface area contributed by atoms with Crippen LogP contribution in [0.2, 0.25) is 0 Å². The van der Waals surface area contributed by atoms with Crippen molar-refractivity contribution in [3.63, 3.8) is 0 Å². The summed E-state index contributed by atoms with van der Waals surface area (Å²) in [4.78, 5) is 71.6. The SMILES string of the molecule is O=C(O)c1ccc(-c2c3nc(c(-c4ccc(C(=O)O)cc4)c4ccc([n-]4)c(-c4ccc(C(=O)O)cc4)c4nc(c(-c5ccc(C(=O)O)cc5)c5ccc2[n-]5)C=C4)C=C3)cc1.[C-]#[O+].[Ru+2].c1ccncc1. The summed E-state index contributed by atoms with van der Waals surface area (Å²) in [5, 5.41) is 38.7. The van der Waals surface area contributed by atoms with E-state index >= 15 is 0 Å². The standard InChI is InChI=1S/C48H30N4O8.C5H5N.CO.Ru/c53-45(54)29-9-1-25(2-10-29)41-33-17-19-35(49-33)42(26-3-11-30(12-4-26)46(55)56)37-21-23-39(51-37)44(28-7-15-32(16-8-28)48(59)60)40-24-22-38(52-40)43(36-20-18-34(41)50-36)27-5-13-31(14-6-27)47(57)58;1-2-4-6-5-3-1;1-2;/h1-24H,(H6,49,50,51,52,53,54,55,56,57,58,59,60);1-5H;;/q;;;+2/p-2. The van der Waals surface area contributed by atoms with Gasteiger partial charge in [-0.2, -0.15) is 0 Å². The Bertz CT molecular complexity index is 3060. The average Bonchev–Trinajstić information content (AvgIpc) is 4.22. The zero-order chi connectivity index (χ0) is 47.9. The zero-order valence-electron chi connectivity index (χ0n) is 35.7. The topological polar surface area (TPSA) is 236 Å². The van der Waals surface area contributed by atoms with Crippen molar-refractivity contribution in [1.82, 2.24) is 24.9 Å². The van der Waals surface area contributed by atoms with Crippen molar-refractivity contribution in [1.29, 1.82) is 0 Å². The van der Waals surface area contributed by atoms with E-state index in [-0.39, 0.29) is 41.7 Å². The molecule has 8 bridgehead atoms. The molecule has 0 fully saturated rings. The van der Waals surface area contributed by atoms with Gasteiger partial charge in [0.15, 0.2) is 0 Å². The first-order chi connectivity index (χ1) is 33.0. The van der Waals surface area contributed by atoms with E-state index in [0.717, 1.165) is 0 Å². The van der Waals surface area contributed by atoms with Gasteiger partial charge in [-0.25, -0.2) is 29.1 Å². The number of hydrogen-bond donors (Lipinski definition) is 4. The Morgan fingerprint density at radius 2 is 0.609 bits per heavy atom. The molecule has 69 heavy (non-hydrogen) atoms. The molecule has 4 N–H and O–H groups in total. The minimum atomic E-state index is -1.07. The summed E-state index contributed by atoms with van der Waals surface area (Å²) in [6.07, 6.45) is 10.8. The largest absolute Gasteiger partial charge is 2.00 e. The summed E-state index contributed by atoms with van der Waals surface area (Å²) >= 11 is 0. The van der Waals surface area contributed by atoms with Gasteiger partial charge in [0, 0.05) is 12.4 Å². The fourth-order valence-corrected chi connectivity index (χ4v) is 7.70. The van der Waals surface area contributed by atoms with Gasteiger partial charge in [0.05, 0.1) is 45.0 Å². The normalized spacial score (nSPS) is 10.9. The Balaban J connectivity index is 0.000000719. The zero-order valence-corrected chi connectivity index (χ0v) is 37.4. The van der Waals surface area contributed by atoms with Crippen LogP contribution in [0.1, 0.15) is 64.2 Å². The van der Waals surface area contributed by atoms with E-state index in [9.17, 15) is 39.6 Å². The number of rotatable bonds is 8. The minimum Gasteiger partial charge on any atom is -0.265 e. The van der Waals surface area contributed by atoms with E-state index in [1.54, 1.807) is 60.9 Å². The van der Waals surface area contributed by atoms with Crippen LogP contribution in [0.25, 0.3) is 90.9 Å². The van der Waals surface area contributed by atoms with Gasteiger partial charge in [-0.05, 0) is 129 Å². The molecule has 10 rings (SSSR count). The van der Waals surface area contributed by atoms with Crippen LogP contribution in [0.5, 0.6) is 0 Å². The van der Waals surface area contributed by atoms with Gasteiger partial charge < -0.3 is 30.4 Å². The van der Waals surface area contributed by atoms with E-state index in [0.29, 0.717) is 89.4 Å². The summed E-state index contributed by atoms with van der Waals surface area (Å²) in [5.74, 6) is -4.30. The van der Waals surface area contributed by atoms with Gasteiger partial charge >= 0.3 is 54.7 Å². The Hall–Kier alpha value is -9.13. The van der Waals surface area contributed by atoms with Crippen molar-refractivity contribution in [2.24, 2.45) is 0 Å². The Kier molecular flexibility index (Phi) is 14.6. The summed E-state index contributed by atoms with van der Waals surface area (Å²) in [7, 11) is 0. The Labute approximate surface area is 405 Å². The molecule has 0 unspecified atom stereocenters. The van der Waals surface area contributed by atoms with Crippen LogP contribution in [-0.4, -0.2) is 59.3 Å². The van der Waals surface area contributed by atoms with Crippen LogP contribution in [0.4, 0.5) is 0 Å². The van der Waals surface area contributed by atoms with E-state index in [1.165, 1.54) is 48.5 Å². The van der Waals surface area contributed by atoms with Crippen molar-refractivity contribution in [3.05, 3.63) is 204 Å². The molecule has 0 aliphatic carbocycles. The molecule has 0 amide bonds. The van der Waals surface area contributed by atoms with Crippen LogP contribution < -0.4 is 9.97 Å². The number of benzene rings is 4. The predicted octanol–water partition coefficient (Wildman–Crippen LogP) is 10.4. The molecule has 4 aromatic heterocycles. The van der Waals surface area contributed by atoms with Crippen LogP contribution in [0.15, 0.2) is 152 Å². The monoisotopic (exact) mass is 997 g/mol. The molecule has 0 spiro atoms. The molecular weight excluding hydrogens is 964 g/mol. The third kappa shape index (κ3) is 10.2. The number of nitrogens with zero attached hydrogens (tertiary/aromatic N) is 5. The number of aromatic carboxylic acids is 4. The molecule has 0 saturated carbocycles. The first-order valence-corrected chi connectivity index (χ1v) is 20.5. The fourth-order valence-electron chi connectivity index (χ4n) is 7.70. The molecule has 8 aromatic rings. The number of hydrogen-bond acceptors (Lipinski definition) is 7. The van der Waals surface area contributed by atoms with E-state index in [2.05, 4.69) is 11.6 Å². The quantitative estimate of drug-likeness (QED) is 0.0631. The third-order valence-corrected chi connectivity index (χ3v) is 10.9. The smallest absolute Gasteiger partial charge is 0.265 e. The number of carboxylic acid groups (broad SMARTS) is 4. The second kappa shape index (κ2) is 21.0. The summed E-state index contributed by atoms with van der Waals surface area (Å²) in [6, 6.07) is 38.7. The maximum Gasteiger partial charge on any atom is 2.00 e. The second-order valence-corrected chi connectivity index (χ2v) is 14.9.